The smallest absolute Gasteiger partial charge is 0.412 e. The molecule has 6 nitrogen and oxygen atoms in total. The first-order valence-corrected chi connectivity index (χ1v) is 10.7. The number of nitrogens with one attached hydrogen (secondary N) is 1. The third kappa shape index (κ3) is 6.54. The Balaban J connectivity index is 2.32. The van der Waals surface area contributed by atoms with Crippen molar-refractivity contribution in [1.29, 1.82) is 0 Å². The Bertz CT molecular complexity index is 912. The molecular formula is C21H22BrNO5S. The number of carbonyl (C=O) groups excluding carboxylic acids is 1. The van der Waals surface area contributed by atoms with Gasteiger partial charge in [-0.3, -0.25) is 5.32 Å². The predicted molar refractivity (Wildman–Crippen MR) is 117 cm³/mol. The molecule has 0 saturated heterocycles. The number of ether oxygens (including phenoxy) is 1. The maximum atomic E-state index is 12.6. The van der Waals surface area contributed by atoms with Crippen LogP contribution >= 0.6 is 27.7 Å². The van der Waals surface area contributed by atoms with Crippen LogP contribution in [0.2, 0.25) is 0 Å². The molecule has 0 fully saturated rings. The van der Waals surface area contributed by atoms with Gasteiger partial charge in [-0.25, -0.2) is 9.59 Å². The number of aliphatic carboxylic acids is 1. The summed E-state index contributed by atoms with van der Waals surface area (Å²) in [6, 6.07) is 12.0. The van der Waals surface area contributed by atoms with Gasteiger partial charge in [0.25, 0.3) is 0 Å². The standard InChI is InChI=1S/C21H22BrNO5S/c1-21(2,11-10-18(25)26)19(16-12-13(22)4-9-17(16)24)28-20(27)23-14-5-7-15(29-3)8-6-14/h4-12,19,24H,1-3H3,(H,23,27)(H,25,26)/b11-10+/t19-/m0/s1. The SMILES string of the molecule is CSc1ccc(NC(=O)O[C@@H](c2cc(Br)ccc2O)C(C)(C)/C=C/C(=O)O)cc1. The van der Waals surface area contributed by atoms with Crippen molar-refractivity contribution in [3.8, 4) is 5.75 Å². The molecule has 0 bridgehead atoms. The summed E-state index contributed by atoms with van der Waals surface area (Å²) in [5, 5.41) is 22.0. The van der Waals surface area contributed by atoms with Gasteiger partial charge >= 0.3 is 12.1 Å². The number of carboxylic acids is 1. The molecule has 0 saturated carbocycles. The molecule has 0 aliphatic rings. The highest BCUT2D eigenvalue weighted by Crippen LogP contribution is 2.42. The van der Waals surface area contributed by atoms with Gasteiger partial charge in [-0.1, -0.05) is 35.9 Å². The van der Waals surface area contributed by atoms with Gasteiger partial charge in [0.15, 0.2) is 0 Å². The van der Waals surface area contributed by atoms with Gasteiger partial charge in [-0.15, -0.1) is 11.8 Å². The summed E-state index contributed by atoms with van der Waals surface area (Å²) in [4.78, 5) is 24.6. The van der Waals surface area contributed by atoms with Gasteiger partial charge < -0.3 is 14.9 Å². The Labute approximate surface area is 182 Å². The van der Waals surface area contributed by atoms with Crippen LogP contribution in [0, 0.1) is 5.41 Å². The average molecular weight is 480 g/mol. The number of carbonyl (C=O) groups is 2. The fraction of sp³-hybridized carbons (Fsp3) is 0.238. The normalized spacial score (nSPS) is 12.6. The summed E-state index contributed by atoms with van der Waals surface area (Å²) in [7, 11) is 0. The van der Waals surface area contributed by atoms with Crippen LogP contribution in [0.3, 0.4) is 0 Å². The van der Waals surface area contributed by atoms with E-state index in [4.69, 9.17) is 9.84 Å². The summed E-state index contributed by atoms with van der Waals surface area (Å²) in [5.41, 5.74) is -0.00679. The topological polar surface area (TPSA) is 95.9 Å². The van der Waals surface area contributed by atoms with Crippen molar-refractivity contribution in [3.63, 3.8) is 0 Å². The summed E-state index contributed by atoms with van der Waals surface area (Å²) >= 11 is 4.93. The lowest BCUT2D eigenvalue weighted by atomic mass is 9.81. The Kier molecular flexibility index (Phi) is 7.75. The van der Waals surface area contributed by atoms with Crippen LogP contribution in [-0.2, 0) is 9.53 Å². The second kappa shape index (κ2) is 9.84. The van der Waals surface area contributed by atoms with E-state index < -0.39 is 23.6 Å². The summed E-state index contributed by atoms with van der Waals surface area (Å²) < 4.78 is 6.33. The highest BCUT2D eigenvalue weighted by Gasteiger charge is 2.34. The van der Waals surface area contributed by atoms with Crippen molar-refractivity contribution >= 4 is 45.4 Å². The highest BCUT2D eigenvalue weighted by atomic mass is 79.9. The summed E-state index contributed by atoms with van der Waals surface area (Å²) in [5.74, 6) is -1.18. The van der Waals surface area contributed by atoms with Gasteiger partial charge in [-0.2, -0.15) is 0 Å². The van der Waals surface area contributed by atoms with Crippen molar-refractivity contribution in [2.45, 2.75) is 24.8 Å². The minimum Gasteiger partial charge on any atom is -0.508 e. The summed E-state index contributed by atoms with van der Waals surface area (Å²) in [6.45, 7) is 3.44. The van der Waals surface area contributed by atoms with Gasteiger partial charge in [0, 0.05) is 32.1 Å². The van der Waals surface area contributed by atoms with Crippen molar-refractivity contribution < 1.29 is 24.5 Å². The van der Waals surface area contributed by atoms with Crippen molar-refractivity contribution in [3.05, 3.63) is 64.7 Å². The molecule has 8 heteroatoms. The number of aromatic hydroxyl groups is 1. The van der Waals surface area contributed by atoms with Gasteiger partial charge in [0.1, 0.15) is 11.9 Å². The minimum atomic E-state index is -1.12. The highest BCUT2D eigenvalue weighted by molar-refractivity contribution is 9.10. The van der Waals surface area contributed by atoms with E-state index in [0.717, 1.165) is 11.0 Å². The molecule has 154 valence electrons. The number of anilines is 1. The number of hydrogen-bond donors (Lipinski definition) is 3. The van der Waals surface area contributed by atoms with Crippen LogP contribution in [0.5, 0.6) is 5.75 Å². The quantitative estimate of drug-likeness (QED) is 0.341. The Morgan fingerprint density at radius 2 is 1.86 bits per heavy atom. The molecule has 1 amide bonds. The molecule has 0 aliphatic heterocycles. The lowest BCUT2D eigenvalue weighted by molar-refractivity contribution is -0.131. The molecule has 0 unspecified atom stereocenters. The van der Waals surface area contributed by atoms with E-state index in [1.165, 1.54) is 12.1 Å². The zero-order chi connectivity index (χ0) is 21.6. The number of phenols is 1. The molecule has 0 aliphatic carbocycles. The molecule has 2 aromatic rings. The Morgan fingerprint density at radius 3 is 2.45 bits per heavy atom. The number of thioether (sulfide) groups is 1. The zero-order valence-corrected chi connectivity index (χ0v) is 18.6. The first kappa shape index (κ1) is 22.8. The van der Waals surface area contributed by atoms with Crippen molar-refractivity contribution in [1.82, 2.24) is 0 Å². The number of phenolic OH excluding ortho intramolecular Hbond substituents is 1. The van der Waals surface area contributed by atoms with E-state index in [-0.39, 0.29) is 5.75 Å². The molecule has 3 N–H and O–H groups in total. The largest absolute Gasteiger partial charge is 0.508 e. The van der Waals surface area contributed by atoms with Gasteiger partial charge in [-0.05, 0) is 48.7 Å². The molecule has 1 atom stereocenters. The van der Waals surface area contributed by atoms with Crippen LogP contribution in [-0.4, -0.2) is 28.5 Å². The molecule has 29 heavy (non-hydrogen) atoms. The van der Waals surface area contributed by atoms with Crippen LogP contribution in [0.4, 0.5) is 10.5 Å². The van der Waals surface area contributed by atoms with Crippen LogP contribution in [0.1, 0.15) is 25.5 Å². The molecular weight excluding hydrogens is 458 g/mol. The molecule has 0 radical (unpaired) electrons. The third-order valence-corrected chi connectivity index (χ3v) is 5.40. The third-order valence-electron chi connectivity index (χ3n) is 4.16. The molecule has 0 spiro atoms. The second-order valence-corrected chi connectivity index (χ2v) is 8.63. The second-order valence-electron chi connectivity index (χ2n) is 6.83. The number of rotatable bonds is 7. The maximum Gasteiger partial charge on any atom is 0.412 e. The van der Waals surface area contributed by atoms with Crippen LogP contribution in [0.15, 0.2) is 64.0 Å². The minimum absolute atomic E-state index is 0.0628. The molecule has 0 aromatic heterocycles. The van der Waals surface area contributed by atoms with Gasteiger partial charge in [0.05, 0.1) is 0 Å². The van der Waals surface area contributed by atoms with Crippen molar-refractivity contribution in [2.75, 3.05) is 11.6 Å². The predicted octanol–water partition coefficient (Wildman–Crippen LogP) is 5.83. The van der Waals surface area contributed by atoms with E-state index in [9.17, 15) is 14.7 Å². The van der Waals surface area contributed by atoms with E-state index in [0.29, 0.717) is 15.7 Å². The lowest BCUT2D eigenvalue weighted by Gasteiger charge is -2.32. The van der Waals surface area contributed by atoms with Crippen LogP contribution < -0.4 is 5.32 Å². The average Bonchev–Trinajstić information content (AvgIpc) is 2.67. The molecule has 2 aromatic carbocycles. The zero-order valence-electron chi connectivity index (χ0n) is 16.2. The summed E-state index contributed by atoms with van der Waals surface area (Å²) in [6.07, 6.45) is 2.72. The first-order valence-electron chi connectivity index (χ1n) is 8.64. The molecule has 0 heterocycles. The number of amides is 1. The van der Waals surface area contributed by atoms with E-state index in [2.05, 4.69) is 21.2 Å². The van der Waals surface area contributed by atoms with Gasteiger partial charge in [0.2, 0.25) is 0 Å². The lowest BCUT2D eigenvalue weighted by Crippen LogP contribution is -2.28. The van der Waals surface area contributed by atoms with E-state index >= 15 is 0 Å². The first-order chi connectivity index (χ1) is 13.6. The Hall–Kier alpha value is -2.45. The molecule has 2 rings (SSSR count). The van der Waals surface area contributed by atoms with E-state index in [1.54, 1.807) is 49.9 Å². The maximum absolute atomic E-state index is 12.6. The Morgan fingerprint density at radius 1 is 1.21 bits per heavy atom. The number of halogens is 1. The number of hydrogen-bond acceptors (Lipinski definition) is 5. The fourth-order valence-electron chi connectivity index (χ4n) is 2.65. The fourth-order valence-corrected chi connectivity index (χ4v) is 3.44. The number of benzene rings is 2. The number of carboxylic acid groups (broad SMARTS) is 1. The van der Waals surface area contributed by atoms with Crippen molar-refractivity contribution in [2.24, 2.45) is 5.41 Å². The van der Waals surface area contributed by atoms with E-state index in [1.807, 2.05) is 18.4 Å². The van der Waals surface area contributed by atoms with Crippen LogP contribution in [0.25, 0.3) is 0 Å². The monoisotopic (exact) mass is 479 g/mol.